The van der Waals surface area contributed by atoms with Crippen LogP contribution in [0.5, 0.6) is 0 Å². The standard InChI is InChI=1S/C17H13NO.Ag/c19-17(14-8-2-1-3-9-14)18-16-12-6-10-13-7-4-5-11-15(13)16;/h1-12H,(H,18,19);/q;+1/p-1. The number of carbonyl (C=O) groups excluding carboxylic acids is 1. The summed E-state index contributed by atoms with van der Waals surface area (Å²) >= 11 is 0. The van der Waals surface area contributed by atoms with E-state index in [9.17, 15) is 4.79 Å². The van der Waals surface area contributed by atoms with Crippen molar-refractivity contribution in [2.45, 2.75) is 0 Å². The van der Waals surface area contributed by atoms with Crippen LogP contribution < -0.4 is 0 Å². The van der Waals surface area contributed by atoms with Gasteiger partial charge in [-0.1, -0.05) is 72.8 Å². The molecule has 20 heavy (non-hydrogen) atoms. The maximum Gasteiger partial charge on any atom is 1.00 e. The quantitative estimate of drug-likeness (QED) is 0.615. The van der Waals surface area contributed by atoms with E-state index in [2.05, 4.69) is 5.32 Å². The molecule has 0 spiro atoms. The van der Waals surface area contributed by atoms with E-state index in [0.29, 0.717) is 11.3 Å². The number of carbonyl (C=O) groups is 1. The van der Waals surface area contributed by atoms with Crippen LogP contribution in [0.2, 0.25) is 0 Å². The normalized spacial score (nSPS) is 9.80. The van der Waals surface area contributed by atoms with Gasteiger partial charge in [0.2, 0.25) is 0 Å². The van der Waals surface area contributed by atoms with Crippen LogP contribution in [0.3, 0.4) is 0 Å². The van der Waals surface area contributed by atoms with Crippen LogP contribution in [0.15, 0.2) is 72.8 Å². The van der Waals surface area contributed by atoms with Crippen molar-refractivity contribution in [2.75, 3.05) is 0 Å². The number of nitrogens with zero attached hydrogens (tertiary/aromatic N) is 1. The molecule has 0 N–H and O–H groups in total. The van der Waals surface area contributed by atoms with Crippen molar-refractivity contribution in [1.29, 1.82) is 0 Å². The Balaban J connectivity index is 0.00000147. The van der Waals surface area contributed by atoms with Crippen LogP contribution >= 0.6 is 0 Å². The summed E-state index contributed by atoms with van der Waals surface area (Å²) in [6.07, 6.45) is 0. The number of benzene rings is 3. The molecule has 3 aromatic carbocycles. The first-order chi connectivity index (χ1) is 9.34. The Kier molecular flexibility index (Phi) is 4.74. The van der Waals surface area contributed by atoms with Gasteiger partial charge in [0.1, 0.15) is 0 Å². The van der Waals surface area contributed by atoms with Gasteiger partial charge in [0.25, 0.3) is 0 Å². The monoisotopic (exact) mass is 353 g/mol. The smallest absolute Gasteiger partial charge is 0.622 e. The molecule has 0 saturated carbocycles. The van der Waals surface area contributed by atoms with E-state index in [1.54, 1.807) is 12.1 Å². The number of amides is 1. The number of fused-ring (bicyclic) bond motifs is 1. The largest absolute Gasteiger partial charge is 1.00 e. The summed E-state index contributed by atoms with van der Waals surface area (Å²) in [6.45, 7) is 0. The van der Waals surface area contributed by atoms with Crippen molar-refractivity contribution in [3.8, 4) is 0 Å². The van der Waals surface area contributed by atoms with Crippen molar-refractivity contribution in [3.05, 3.63) is 83.7 Å². The van der Waals surface area contributed by atoms with E-state index >= 15 is 0 Å². The zero-order valence-electron chi connectivity index (χ0n) is 10.6. The van der Waals surface area contributed by atoms with Crippen molar-refractivity contribution in [1.82, 2.24) is 0 Å². The Morgan fingerprint density at radius 3 is 2.20 bits per heavy atom. The second-order valence-electron chi connectivity index (χ2n) is 4.28. The molecule has 0 saturated heterocycles. The summed E-state index contributed by atoms with van der Waals surface area (Å²) in [5.74, 6) is -0.211. The molecule has 0 aliphatic heterocycles. The van der Waals surface area contributed by atoms with E-state index in [0.717, 1.165) is 10.8 Å². The molecule has 3 aromatic rings. The molecule has 3 heteroatoms. The topological polar surface area (TPSA) is 31.2 Å². The fraction of sp³-hybridized carbons (Fsp3) is 0. The maximum absolute atomic E-state index is 12.1. The molecule has 1 amide bonds. The molecule has 0 unspecified atom stereocenters. The van der Waals surface area contributed by atoms with Crippen molar-refractivity contribution in [3.63, 3.8) is 0 Å². The molecule has 0 atom stereocenters. The Bertz CT molecular complexity index is 720. The fourth-order valence-electron chi connectivity index (χ4n) is 2.06. The van der Waals surface area contributed by atoms with E-state index in [-0.39, 0.29) is 28.3 Å². The fourth-order valence-corrected chi connectivity index (χ4v) is 2.06. The average Bonchev–Trinajstić information content (AvgIpc) is 2.48. The predicted molar refractivity (Wildman–Crippen MR) is 77.7 cm³/mol. The van der Waals surface area contributed by atoms with Crippen molar-refractivity contribution >= 4 is 22.4 Å². The Labute approximate surface area is 133 Å². The van der Waals surface area contributed by atoms with E-state index in [1.165, 1.54) is 0 Å². The van der Waals surface area contributed by atoms with Crippen LogP contribution in [-0.2, 0) is 22.4 Å². The number of rotatable bonds is 2. The van der Waals surface area contributed by atoms with Crippen LogP contribution in [0.1, 0.15) is 10.4 Å². The molecule has 0 aromatic heterocycles. The second kappa shape index (κ2) is 6.53. The third kappa shape index (κ3) is 2.99. The van der Waals surface area contributed by atoms with Crippen LogP contribution in [-0.4, -0.2) is 5.91 Å². The van der Waals surface area contributed by atoms with Gasteiger partial charge in [0.15, 0.2) is 0 Å². The minimum atomic E-state index is -0.211. The predicted octanol–water partition coefficient (Wildman–Crippen LogP) is 4.68. The summed E-state index contributed by atoms with van der Waals surface area (Å²) in [5, 5.41) is 6.30. The number of hydrogen-bond acceptors (Lipinski definition) is 1. The minimum absolute atomic E-state index is 0. The molecule has 3 rings (SSSR count). The first-order valence-corrected chi connectivity index (χ1v) is 6.13. The zero-order valence-corrected chi connectivity index (χ0v) is 12.1. The van der Waals surface area contributed by atoms with Gasteiger partial charge in [0.05, 0.1) is 5.91 Å². The summed E-state index contributed by atoms with van der Waals surface area (Å²) in [7, 11) is 0. The maximum atomic E-state index is 12.1. The molecule has 0 aliphatic carbocycles. The Morgan fingerprint density at radius 1 is 0.750 bits per heavy atom. The SMILES string of the molecule is O=C([N-]c1cccc2ccccc12)c1ccccc1.[Ag+]. The first kappa shape index (κ1) is 14.5. The zero-order chi connectivity index (χ0) is 13.1. The third-order valence-electron chi connectivity index (χ3n) is 3.01. The Morgan fingerprint density at radius 2 is 1.40 bits per heavy atom. The van der Waals surface area contributed by atoms with E-state index in [1.807, 2.05) is 60.7 Å². The Hall–Kier alpha value is -1.87. The van der Waals surface area contributed by atoms with Crippen LogP contribution in [0.25, 0.3) is 16.1 Å². The van der Waals surface area contributed by atoms with E-state index < -0.39 is 0 Å². The van der Waals surface area contributed by atoms with Gasteiger partial charge in [-0.3, -0.25) is 0 Å². The molecule has 2 nitrogen and oxygen atoms in total. The third-order valence-corrected chi connectivity index (χ3v) is 3.01. The van der Waals surface area contributed by atoms with Gasteiger partial charge < -0.3 is 10.1 Å². The van der Waals surface area contributed by atoms with Crippen molar-refractivity contribution in [2.24, 2.45) is 0 Å². The van der Waals surface area contributed by atoms with Gasteiger partial charge in [0, 0.05) is 0 Å². The van der Waals surface area contributed by atoms with Crippen molar-refractivity contribution < 1.29 is 27.2 Å². The van der Waals surface area contributed by atoms with Gasteiger partial charge in [-0.05, 0) is 16.3 Å². The second-order valence-corrected chi connectivity index (χ2v) is 4.28. The average molecular weight is 354 g/mol. The number of hydrogen-bond donors (Lipinski definition) is 0. The summed E-state index contributed by atoms with van der Waals surface area (Å²) in [4.78, 5) is 12.1. The van der Waals surface area contributed by atoms with Crippen LogP contribution in [0, 0.1) is 0 Å². The van der Waals surface area contributed by atoms with Gasteiger partial charge in [-0.2, -0.15) is 0 Å². The minimum Gasteiger partial charge on any atom is -0.622 e. The molecule has 102 valence electrons. The molecule has 0 fully saturated rings. The van der Waals surface area contributed by atoms with Gasteiger partial charge in [-0.25, -0.2) is 0 Å². The van der Waals surface area contributed by atoms with Crippen LogP contribution in [0.4, 0.5) is 5.69 Å². The summed E-state index contributed by atoms with van der Waals surface area (Å²) in [5.41, 5.74) is 1.32. The summed E-state index contributed by atoms with van der Waals surface area (Å²) in [6, 6.07) is 22.8. The molecule has 0 radical (unpaired) electrons. The van der Waals surface area contributed by atoms with Gasteiger partial charge >= 0.3 is 22.4 Å². The van der Waals surface area contributed by atoms with E-state index in [4.69, 9.17) is 0 Å². The molecular formula is C17H12AgNO. The molecule has 0 bridgehead atoms. The summed E-state index contributed by atoms with van der Waals surface area (Å²) < 4.78 is 0. The van der Waals surface area contributed by atoms with Gasteiger partial charge in [-0.15, -0.1) is 5.69 Å². The molecule has 0 aliphatic rings. The molecular weight excluding hydrogens is 342 g/mol. The molecule has 0 heterocycles. The first-order valence-electron chi connectivity index (χ1n) is 6.13.